The third-order valence-corrected chi connectivity index (χ3v) is 5.21. The minimum absolute atomic E-state index is 0.135. The summed E-state index contributed by atoms with van der Waals surface area (Å²) in [7, 11) is 0. The van der Waals surface area contributed by atoms with E-state index in [1.54, 1.807) is 0 Å². The summed E-state index contributed by atoms with van der Waals surface area (Å²) in [4.78, 5) is 16.1. The van der Waals surface area contributed by atoms with Crippen LogP contribution in [0.3, 0.4) is 0 Å². The molecule has 3 nitrogen and oxygen atoms in total. The standard InChI is InChI=1S/C15H23NO2S/c1-15(2,3)13-5-4-12(19-13)10-16-8-6-11(7-9-16)14(17)18/h4-5,11H,6-10H2,1-3H3,(H,17,18). The first kappa shape index (κ1) is 14.5. The Kier molecular flexibility index (Phi) is 4.31. The number of thiophene rings is 1. The first-order chi connectivity index (χ1) is 8.86. The number of hydrogen-bond donors (Lipinski definition) is 1. The van der Waals surface area contributed by atoms with E-state index in [2.05, 4.69) is 37.8 Å². The average Bonchev–Trinajstić information content (AvgIpc) is 2.78. The van der Waals surface area contributed by atoms with Crippen molar-refractivity contribution in [1.29, 1.82) is 0 Å². The minimum atomic E-state index is -0.634. The van der Waals surface area contributed by atoms with Gasteiger partial charge in [-0.05, 0) is 43.5 Å². The lowest BCUT2D eigenvalue weighted by atomic mass is 9.95. The number of nitrogens with zero attached hydrogens (tertiary/aromatic N) is 1. The molecule has 2 rings (SSSR count). The van der Waals surface area contributed by atoms with E-state index in [0.29, 0.717) is 0 Å². The maximum absolute atomic E-state index is 10.9. The molecule has 0 atom stereocenters. The summed E-state index contributed by atoms with van der Waals surface area (Å²) < 4.78 is 0. The van der Waals surface area contributed by atoms with Gasteiger partial charge in [-0.15, -0.1) is 11.3 Å². The molecule has 1 N–H and O–H groups in total. The second-order valence-corrected chi connectivity index (χ2v) is 7.57. The molecule has 0 bridgehead atoms. The highest BCUT2D eigenvalue weighted by Gasteiger charge is 2.25. The number of carboxylic acids is 1. The van der Waals surface area contributed by atoms with Crippen LogP contribution < -0.4 is 0 Å². The zero-order chi connectivity index (χ0) is 14.0. The van der Waals surface area contributed by atoms with E-state index in [4.69, 9.17) is 5.11 Å². The second-order valence-electron chi connectivity index (χ2n) is 6.40. The van der Waals surface area contributed by atoms with Gasteiger partial charge in [-0.3, -0.25) is 9.69 Å². The topological polar surface area (TPSA) is 40.5 Å². The first-order valence-electron chi connectivity index (χ1n) is 6.90. The van der Waals surface area contributed by atoms with Gasteiger partial charge in [0.25, 0.3) is 0 Å². The molecule has 1 aromatic heterocycles. The van der Waals surface area contributed by atoms with Crippen LogP contribution in [0.4, 0.5) is 0 Å². The van der Waals surface area contributed by atoms with E-state index in [-0.39, 0.29) is 11.3 Å². The van der Waals surface area contributed by atoms with Crippen molar-refractivity contribution in [2.45, 2.75) is 45.6 Å². The highest BCUT2D eigenvalue weighted by Crippen LogP contribution is 2.30. The molecule has 0 unspecified atom stereocenters. The Balaban J connectivity index is 1.89. The maximum atomic E-state index is 10.9. The molecule has 0 radical (unpaired) electrons. The normalized spacial score (nSPS) is 18.7. The number of likely N-dealkylation sites (tertiary alicyclic amines) is 1. The molecule has 2 heterocycles. The quantitative estimate of drug-likeness (QED) is 0.923. The van der Waals surface area contributed by atoms with Crippen LogP contribution in [0.25, 0.3) is 0 Å². The van der Waals surface area contributed by atoms with Gasteiger partial charge in [0.05, 0.1) is 5.92 Å². The van der Waals surface area contributed by atoms with E-state index in [1.165, 1.54) is 9.75 Å². The molecule has 1 fully saturated rings. The fraction of sp³-hybridized carbons (Fsp3) is 0.667. The van der Waals surface area contributed by atoms with Gasteiger partial charge in [-0.2, -0.15) is 0 Å². The summed E-state index contributed by atoms with van der Waals surface area (Å²) in [5.41, 5.74) is 0.221. The van der Waals surface area contributed by atoms with E-state index >= 15 is 0 Å². The number of aliphatic carboxylic acids is 1. The van der Waals surface area contributed by atoms with Gasteiger partial charge in [-0.25, -0.2) is 0 Å². The molecule has 1 aliphatic heterocycles. The molecule has 1 saturated heterocycles. The lowest BCUT2D eigenvalue weighted by Crippen LogP contribution is -2.35. The predicted molar refractivity (Wildman–Crippen MR) is 78.7 cm³/mol. The van der Waals surface area contributed by atoms with Crippen LogP contribution in [0.2, 0.25) is 0 Å². The van der Waals surface area contributed by atoms with E-state index < -0.39 is 5.97 Å². The minimum Gasteiger partial charge on any atom is -0.481 e. The van der Waals surface area contributed by atoms with Gasteiger partial charge < -0.3 is 5.11 Å². The van der Waals surface area contributed by atoms with Gasteiger partial charge in [-0.1, -0.05) is 20.8 Å². The van der Waals surface area contributed by atoms with Crippen LogP contribution in [0.15, 0.2) is 12.1 Å². The van der Waals surface area contributed by atoms with Crippen molar-refractivity contribution in [3.8, 4) is 0 Å². The molecule has 1 aliphatic rings. The van der Waals surface area contributed by atoms with Crippen molar-refractivity contribution in [2.75, 3.05) is 13.1 Å². The Morgan fingerprint density at radius 3 is 2.47 bits per heavy atom. The SMILES string of the molecule is CC(C)(C)c1ccc(CN2CCC(C(=O)O)CC2)s1. The number of carboxylic acid groups (broad SMARTS) is 1. The zero-order valence-corrected chi connectivity index (χ0v) is 12.8. The van der Waals surface area contributed by atoms with Crippen molar-refractivity contribution in [3.63, 3.8) is 0 Å². The maximum Gasteiger partial charge on any atom is 0.306 e. The number of hydrogen-bond acceptors (Lipinski definition) is 3. The third-order valence-electron chi connectivity index (χ3n) is 3.72. The Bertz CT molecular complexity index is 439. The van der Waals surface area contributed by atoms with Gasteiger partial charge in [0.15, 0.2) is 0 Å². The summed E-state index contributed by atoms with van der Waals surface area (Å²) >= 11 is 1.88. The fourth-order valence-corrected chi connectivity index (χ4v) is 3.53. The van der Waals surface area contributed by atoms with Crippen molar-refractivity contribution in [1.82, 2.24) is 4.90 Å². The highest BCUT2D eigenvalue weighted by atomic mass is 32.1. The Labute approximate surface area is 119 Å². The van der Waals surface area contributed by atoms with Gasteiger partial charge >= 0.3 is 5.97 Å². The summed E-state index contributed by atoms with van der Waals surface area (Å²) in [5.74, 6) is -0.768. The number of piperidine rings is 1. The monoisotopic (exact) mass is 281 g/mol. The van der Waals surface area contributed by atoms with Crippen LogP contribution in [-0.4, -0.2) is 29.1 Å². The largest absolute Gasteiger partial charge is 0.481 e. The molecule has 1 aromatic rings. The van der Waals surface area contributed by atoms with E-state index in [0.717, 1.165) is 32.5 Å². The molecule has 0 spiro atoms. The Hall–Kier alpha value is -0.870. The van der Waals surface area contributed by atoms with Crippen molar-refractivity contribution >= 4 is 17.3 Å². The van der Waals surface area contributed by atoms with Crippen LogP contribution in [0, 0.1) is 5.92 Å². The fourth-order valence-electron chi connectivity index (χ4n) is 2.42. The summed E-state index contributed by atoms with van der Waals surface area (Å²) in [6, 6.07) is 4.44. The van der Waals surface area contributed by atoms with E-state index in [1.807, 2.05) is 11.3 Å². The summed E-state index contributed by atoms with van der Waals surface area (Å²) in [5, 5.41) is 8.99. The second kappa shape index (κ2) is 5.63. The summed E-state index contributed by atoms with van der Waals surface area (Å²) in [6.07, 6.45) is 1.57. The summed E-state index contributed by atoms with van der Waals surface area (Å²) in [6.45, 7) is 9.48. The smallest absolute Gasteiger partial charge is 0.306 e. The van der Waals surface area contributed by atoms with Gasteiger partial charge in [0.1, 0.15) is 0 Å². The van der Waals surface area contributed by atoms with Crippen LogP contribution in [0.1, 0.15) is 43.4 Å². The lowest BCUT2D eigenvalue weighted by molar-refractivity contribution is -0.143. The van der Waals surface area contributed by atoms with Crippen LogP contribution >= 0.6 is 11.3 Å². The molecule has 4 heteroatoms. The molecular formula is C15H23NO2S. The molecule has 19 heavy (non-hydrogen) atoms. The lowest BCUT2D eigenvalue weighted by Gasteiger charge is -2.29. The Morgan fingerprint density at radius 2 is 2.00 bits per heavy atom. The van der Waals surface area contributed by atoms with E-state index in [9.17, 15) is 4.79 Å². The molecular weight excluding hydrogens is 258 g/mol. The van der Waals surface area contributed by atoms with Crippen molar-refractivity contribution in [2.24, 2.45) is 5.92 Å². The van der Waals surface area contributed by atoms with Crippen molar-refractivity contribution in [3.05, 3.63) is 21.9 Å². The molecule has 0 amide bonds. The average molecular weight is 281 g/mol. The predicted octanol–water partition coefficient (Wildman–Crippen LogP) is 3.34. The molecule has 0 aromatic carbocycles. The molecule has 106 valence electrons. The highest BCUT2D eigenvalue weighted by molar-refractivity contribution is 7.12. The Morgan fingerprint density at radius 1 is 1.37 bits per heavy atom. The zero-order valence-electron chi connectivity index (χ0n) is 12.0. The van der Waals surface area contributed by atoms with Gasteiger partial charge in [0, 0.05) is 16.3 Å². The first-order valence-corrected chi connectivity index (χ1v) is 7.72. The van der Waals surface area contributed by atoms with Crippen LogP contribution in [-0.2, 0) is 16.8 Å². The molecule has 0 aliphatic carbocycles. The number of rotatable bonds is 3. The van der Waals surface area contributed by atoms with Gasteiger partial charge in [0.2, 0.25) is 0 Å². The van der Waals surface area contributed by atoms with Crippen molar-refractivity contribution < 1.29 is 9.90 Å². The number of carbonyl (C=O) groups is 1. The molecule has 0 saturated carbocycles. The van der Waals surface area contributed by atoms with Crippen LogP contribution in [0.5, 0.6) is 0 Å². The third kappa shape index (κ3) is 3.80.